The first kappa shape index (κ1) is 14.3. The van der Waals surface area contributed by atoms with Gasteiger partial charge < -0.3 is 4.90 Å². The van der Waals surface area contributed by atoms with Crippen LogP contribution in [0.15, 0.2) is 6.07 Å². The third kappa shape index (κ3) is 3.03. The summed E-state index contributed by atoms with van der Waals surface area (Å²) in [6.07, 6.45) is 4.85. The highest BCUT2D eigenvalue weighted by Gasteiger charge is 2.23. The Morgan fingerprint density at radius 1 is 1.14 bits per heavy atom. The van der Waals surface area contributed by atoms with Crippen LogP contribution >= 0.6 is 0 Å². The van der Waals surface area contributed by atoms with E-state index in [1.165, 1.54) is 5.56 Å². The van der Waals surface area contributed by atoms with Gasteiger partial charge in [0.2, 0.25) is 0 Å². The zero-order valence-corrected chi connectivity index (χ0v) is 12.8. The molecule has 6 heteroatoms. The van der Waals surface area contributed by atoms with Gasteiger partial charge in [0.05, 0.1) is 17.1 Å². The van der Waals surface area contributed by atoms with Gasteiger partial charge in [-0.1, -0.05) is 0 Å². The van der Waals surface area contributed by atoms with Crippen LogP contribution in [0.1, 0.15) is 36.1 Å². The summed E-state index contributed by atoms with van der Waals surface area (Å²) in [6, 6.07) is 4.19. The van der Waals surface area contributed by atoms with Gasteiger partial charge >= 0.3 is 0 Å². The van der Waals surface area contributed by atoms with Crippen molar-refractivity contribution in [2.24, 2.45) is 0 Å². The average Bonchev–Trinajstić information content (AvgIpc) is 2.66. The van der Waals surface area contributed by atoms with Gasteiger partial charge in [0.1, 0.15) is 11.9 Å². The minimum atomic E-state index is -2.95. The minimum Gasteiger partial charge on any atom is -0.354 e. The maximum atomic E-state index is 11.7. The zero-order chi connectivity index (χ0) is 14.9. The molecule has 2 aliphatic rings. The second-order valence-corrected chi connectivity index (χ2v) is 8.08. The smallest absolute Gasteiger partial charge is 0.152 e. The molecule has 2 heterocycles. The van der Waals surface area contributed by atoms with Crippen LogP contribution in [-0.2, 0) is 22.7 Å². The number of hydrogen-bond acceptors (Lipinski definition) is 5. The van der Waals surface area contributed by atoms with Gasteiger partial charge in [-0.15, -0.1) is 0 Å². The van der Waals surface area contributed by atoms with Crippen LogP contribution in [0, 0.1) is 11.3 Å². The summed E-state index contributed by atoms with van der Waals surface area (Å²) < 4.78 is 23.4. The molecule has 21 heavy (non-hydrogen) atoms. The number of fused-ring (bicyclic) bond motifs is 1. The molecule has 5 nitrogen and oxygen atoms in total. The van der Waals surface area contributed by atoms with Crippen LogP contribution in [0.4, 0.5) is 5.82 Å². The standard InChI is InChI=1S/C15H19N3O2S/c16-11-13-10-12-4-1-2-5-14(12)17-15(13)18-6-3-8-21(19,20)9-7-18/h10H,1-9H2. The Morgan fingerprint density at radius 2 is 1.95 bits per heavy atom. The molecule has 1 fully saturated rings. The molecule has 0 aromatic carbocycles. The van der Waals surface area contributed by atoms with Crippen molar-refractivity contribution in [2.45, 2.75) is 32.1 Å². The Bertz CT molecular complexity index is 692. The van der Waals surface area contributed by atoms with E-state index in [0.717, 1.165) is 31.4 Å². The first-order chi connectivity index (χ1) is 10.1. The lowest BCUT2D eigenvalue weighted by Gasteiger charge is -2.25. The molecular formula is C15H19N3O2S. The molecule has 0 bridgehead atoms. The number of sulfone groups is 1. The first-order valence-corrected chi connectivity index (χ1v) is 9.29. The monoisotopic (exact) mass is 305 g/mol. The number of rotatable bonds is 1. The number of nitrogens with zero attached hydrogens (tertiary/aromatic N) is 3. The van der Waals surface area contributed by atoms with Crippen molar-refractivity contribution < 1.29 is 8.42 Å². The lowest BCUT2D eigenvalue weighted by atomic mass is 9.95. The quantitative estimate of drug-likeness (QED) is 0.785. The normalized spacial score (nSPS) is 21.2. The van der Waals surface area contributed by atoms with Crippen molar-refractivity contribution in [3.8, 4) is 6.07 Å². The molecule has 0 saturated carbocycles. The molecule has 1 saturated heterocycles. The molecule has 0 radical (unpaired) electrons. The van der Waals surface area contributed by atoms with E-state index in [1.807, 2.05) is 11.0 Å². The molecule has 0 atom stereocenters. The maximum absolute atomic E-state index is 11.7. The Hall–Kier alpha value is -1.61. The molecule has 0 spiro atoms. The van der Waals surface area contributed by atoms with Gasteiger partial charge in [-0.25, -0.2) is 13.4 Å². The molecule has 1 aromatic heterocycles. The molecule has 1 aromatic rings. The van der Waals surface area contributed by atoms with Gasteiger partial charge in [-0.3, -0.25) is 0 Å². The van der Waals surface area contributed by atoms with Crippen molar-refractivity contribution >= 4 is 15.7 Å². The molecule has 1 aliphatic carbocycles. The van der Waals surface area contributed by atoms with Crippen molar-refractivity contribution in [1.29, 1.82) is 5.26 Å². The largest absolute Gasteiger partial charge is 0.354 e. The van der Waals surface area contributed by atoms with Gasteiger partial charge in [0, 0.05) is 18.8 Å². The topological polar surface area (TPSA) is 74.1 Å². The van der Waals surface area contributed by atoms with Crippen LogP contribution in [0.25, 0.3) is 0 Å². The van der Waals surface area contributed by atoms with Crippen molar-refractivity contribution in [3.63, 3.8) is 0 Å². The van der Waals surface area contributed by atoms with E-state index in [1.54, 1.807) is 0 Å². The first-order valence-electron chi connectivity index (χ1n) is 7.47. The Labute approximate surface area is 125 Å². The lowest BCUT2D eigenvalue weighted by Crippen LogP contribution is -2.29. The van der Waals surface area contributed by atoms with Gasteiger partial charge in [-0.2, -0.15) is 5.26 Å². The Morgan fingerprint density at radius 3 is 2.76 bits per heavy atom. The molecule has 0 N–H and O–H groups in total. The predicted octanol–water partition coefficient (Wildman–Crippen LogP) is 1.46. The van der Waals surface area contributed by atoms with Crippen LogP contribution in [-0.4, -0.2) is 38.0 Å². The lowest BCUT2D eigenvalue weighted by molar-refractivity contribution is 0.597. The molecule has 0 amide bonds. The van der Waals surface area contributed by atoms with Crippen molar-refractivity contribution in [2.75, 3.05) is 29.5 Å². The van der Waals surface area contributed by atoms with E-state index in [4.69, 9.17) is 4.98 Å². The number of nitriles is 1. The second kappa shape index (κ2) is 5.64. The fourth-order valence-electron chi connectivity index (χ4n) is 3.10. The van der Waals surface area contributed by atoms with Gasteiger partial charge in [-0.05, 0) is 43.7 Å². The number of pyridine rings is 1. The summed E-state index contributed by atoms with van der Waals surface area (Å²) in [6.45, 7) is 1.09. The Balaban J connectivity index is 1.96. The highest BCUT2D eigenvalue weighted by atomic mass is 32.2. The molecule has 0 unspecified atom stereocenters. The third-order valence-electron chi connectivity index (χ3n) is 4.26. The van der Waals surface area contributed by atoms with E-state index >= 15 is 0 Å². The zero-order valence-electron chi connectivity index (χ0n) is 12.0. The summed E-state index contributed by atoms with van der Waals surface area (Å²) in [4.78, 5) is 6.68. The number of aromatic nitrogens is 1. The fourth-order valence-corrected chi connectivity index (χ4v) is 4.37. The third-order valence-corrected chi connectivity index (χ3v) is 5.97. The summed E-state index contributed by atoms with van der Waals surface area (Å²) in [5.74, 6) is 1.06. The van der Waals surface area contributed by atoms with Crippen LogP contribution in [0.5, 0.6) is 0 Å². The van der Waals surface area contributed by atoms with E-state index in [2.05, 4.69) is 6.07 Å². The molecular weight excluding hydrogens is 286 g/mol. The molecule has 3 rings (SSSR count). The number of hydrogen-bond donors (Lipinski definition) is 0. The minimum absolute atomic E-state index is 0.149. The SMILES string of the molecule is N#Cc1cc2c(nc1N1CCCS(=O)(=O)CC1)CCCC2. The predicted molar refractivity (Wildman–Crippen MR) is 81.1 cm³/mol. The van der Waals surface area contributed by atoms with Crippen LogP contribution in [0.2, 0.25) is 0 Å². The van der Waals surface area contributed by atoms with E-state index < -0.39 is 9.84 Å². The van der Waals surface area contributed by atoms with E-state index in [0.29, 0.717) is 30.9 Å². The molecule has 112 valence electrons. The second-order valence-electron chi connectivity index (χ2n) is 5.78. The maximum Gasteiger partial charge on any atom is 0.152 e. The highest BCUT2D eigenvalue weighted by Crippen LogP contribution is 2.27. The average molecular weight is 305 g/mol. The summed E-state index contributed by atoms with van der Waals surface area (Å²) >= 11 is 0. The highest BCUT2D eigenvalue weighted by molar-refractivity contribution is 7.91. The van der Waals surface area contributed by atoms with Crippen LogP contribution in [0.3, 0.4) is 0 Å². The van der Waals surface area contributed by atoms with Crippen LogP contribution < -0.4 is 4.90 Å². The fraction of sp³-hybridized carbons (Fsp3) is 0.600. The number of anilines is 1. The summed E-state index contributed by atoms with van der Waals surface area (Å²) in [7, 11) is -2.95. The van der Waals surface area contributed by atoms with Gasteiger partial charge in [0.15, 0.2) is 9.84 Å². The summed E-state index contributed by atoms with van der Waals surface area (Å²) in [5.41, 5.74) is 2.85. The van der Waals surface area contributed by atoms with Crippen molar-refractivity contribution in [1.82, 2.24) is 4.98 Å². The number of aryl methyl sites for hydroxylation is 2. The summed E-state index contributed by atoms with van der Waals surface area (Å²) in [5, 5.41) is 9.39. The van der Waals surface area contributed by atoms with E-state index in [-0.39, 0.29) is 11.5 Å². The molecule has 1 aliphatic heterocycles. The van der Waals surface area contributed by atoms with Gasteiger partial charge in [0.25, 0.3) is 0 Å². The van der Waals surface area contributed by atoms with Crippen molar-refractivity contribution in [3.05, 3.63) is 22.9 Å². The van der Waals surface area contributed by atoms with E-state index in [9.17, 15) is 13.7 Å². The Kier molecular flexibility index (Phi) is 3.85.